The van der Waals surface area contributed by atoms with E-state index in [4.69, 9.17) is 0 Å². The molecule has 0 radical (unpaired) electrons. The number of ether oxygens (including phenoxy) is 1. The Hall–Kier alpha value is -1.55. The Morgan fingerprint density at radius 3 is 2.93 bits per heavy atom. The second kappa shape index (κ2) is 6.04. The number of hydrogen-bond donors (Lipinski definition) is 1. The van der Waals surface area contributed by atoms with E-state index in [0.29, 0.717) is 0 Å². The summed E-state index contributed by atoms with van der Waals surface area (Å²) in [7, 11) is 3.26. The Bertz CT molecular complexity index is 363. The SMILES string of the molecule is BNCc1ccccc1/C=C/C(=O)OC. The molecule has 0 heterocycles. The summed E-state index contributed by atoms with van der Waals surface area (Å²) in [5, 5.41) is 3.08. The first-order valence-electron chi connectivity index (χ1n) is 4.76. The molecule has 0 aromatic heterocycles. The van der Waals surface area contributed by atoms with E-state index in [1.807, 2.05) is 32.2 Å². The lowest BCUT2D eigenvalue weighted by atomic mass is 10.1. The minimum absolute atomic E-state index is 0.339. The number of carbonyl (C=O) groups is 1. The number of benzene rings is 1. The summed E-state index contributed by atoms with van der Waals surface area (Å²) < 4.78 is 4.53. The molecule has 0 spiro atoms. The van der Waals surface area contributed by atoms with E-state index in [2.05, 4.69) is 9.96 Å². The third-order valence-electron chi connectivity index (χ3n) is 2.02. The van der Waals surface area contributed by atoms with Gasteiger partial charge in [0.15, 0.2) is 7.98 Å². The van der Waals surface area contributed by atoms with E-state index in [1.54, 1.807) is 6.08 Å². The quantitative estimate of drug-likeness (QED) is 0.440. The van der Waals surface area contributed by atoms with Crippen molar-refractivity contribution in [3.05, 3.63) is 41.5 Å². The van der Waals surface area contributed by atoms with E-state index in [9.17, 15) is 4.79 Å². The monoisotopic (exact) mass is 203 g/mol. The highest BCUT2D eigenvalue weighted by atomic mass is 16.5. The second-order valence-electron chi connectivity index (χ2n) is 3.09. The molecule has 0 atom stereocenters. The van der Waals surface area contributed by atoms with Crippen LogP contribution in [0.25, 0.3) is 6.08 Å². The predicted molar refractivity (Wildman–Crippen MR) is 62.9 cm³/mol. The lowest BCUT2D eigenvalue weighted by Crippen LogP contribution is -2.08. The average Bonchev–Trinajstić information content (AvgIpc) is 2.28. The van der Waals surface area contributed by atoms with Crippen molar-refractivity contribution in [3.63, 3.8) is 0 Å². The molecule has 1 N–H and O–H groups in total. The zero-order valence-electron chi connectivity index (χ0n) is 8.99. The fourth-order valence-electron chi connectivity index (χ4n) is 1.27. The normalized spacial score (nSPS) is 10.5. The molecule has 0 amide bonds. The highest BCUT2D eigenvalue weighted by molar-refractivity contribution is 6.04. The molecule has 0 fully saturated rings. The van der Waals surface area contributed by atoms with Crippen molar-refractivity contribution in [1.29, 1.82) is 0 Å². The molecule has 0 aliphatic rings. The van der Waals surface area contributed by atoms with Crippen LogP contribution < -0.4 is 5.23 Å². The van der Waals surface area contributed by atoms with Crippen LogP contribution in [0.2, 0.25) is 0 Å². The molecule has 0 saturated heterocycles. The van der Waals surface area contributed by atoms with E-state index in [0.717, 1.165) is 17.7 Å². The molecule has 78 valence electrons. The van der Waals surface area contributed by atoms with E-state index in [1.165, 1.54) is 13.2 Å². The van der Waals surface area contributed by atoms with Gasteiger partial charge in [-0.15, -0.1) is 0 Å². The Balaban J connectivity index is 2.83. The fraction of sp³-hybridized carbons (Fsp3) is 0.182. The smallest absolute Gasteiger partial charge is 0.330 e. The summed E-state index contributed by atoms with van der Waals surface area (Å²) in [4.78, 5) is 10.9. The van der Waals surface area contributed by atoms with E-state index >= 15 is 0 Å². The minimum atomic E-state index is -0.339. The molecule has 0 bridgehead atoms. The van der Waals surface area contributed by atoms with Crippen molar-refractivity contribution in [1.82, 2.24) is 5.23 Å². The average molecular weight is 203 g/mol. The van der Waals surface area contributed by atoms with Gasteiger partial charge in [0.1, 0.15) is 0 Å². The maximum atomic E-state index is 10.9. The highest BCUT2D eigenvalue weighted by Crippen LogP contribution is 2.10. The van der Waals surface area contributed by atoms with Crippen LogP contribution in [0.5, 0.6) is 0 Å². The van der Waals surface area contributed by atoms with Crippen LogP contribution in [0.3, 0.4) is 0 Å². The highest BCUT2D eigenvalue weighted by Gasteiger charge is 1.97. The van der Waals surface area contributed by atoms with Crippen molar-refractivity contribution in [2.24, 2.45) is 0 Å². The summed E-state index contributed by atoms with van der Waals surface area (Å²) in [6, 6.07) is 7.90. The molecular formula is C11H14BNO2. The van der Waals surface area contributed by atoms with Gasteiger partial charge in [0, 0.05) is 12.6 Å². The van der Waals surface area contributed by atoms with Gasteiger partial charge in [-0.25, -0.2) is 4.79 Å². The van der Waals surface area contributed by atoms with Gasteiger partial charge in [-0.2, -0.15) is 0 Å². The van der Waals surface area contributed by atoms with Gasteiger partial charge in [-0.1, -0.05) is 24.3 Å². The molecule has 1 aromatic carbocycles. The molecule has 0 saturated carbocycles. The van der Waals surface area contributed by atoms with Crippen molar-refractivity contribution < 1.29 is 9.53 Å². The van der Waals surface area contributed by atoms with Crippen LogP contribution in [-0.2, 0) is 16.1 Å². The van der Waals surface area contributed by atoms with Gasteiger partial charge in [0.05, 0.1) is 7.11 Å². The first-order valence-corrected chi connectivity index (χ1v) is 4.76. The van der Waals surface area contributed by atoms with E-state index in [-0.39, 0.29) is 5.97 Å². The molecule has 15 heavy (non-hydrogen) atoms. The number of hydrogen-bond acceptors (Lipinski definition) is 3. The zero-order chi connectivity index (χ0) is 11.1. The first kappa shape index (κ1) is 11.5. The second-order valence-corrected chi connectivity index (χ2v) is 3.09. The Morgan fingerprint density at radius 2 is 2.27 bits per heavy atom. The number of esters is 1. The lowest BCUT2D eigenvalue weighted by molar-refractivity contribution is -0.134. The summed E-state index contributed by atoms with van der Waals surface area (Å²) in [5.74, 6) is -0.339. The Kier molecular flexibility index (Phi) is 4.64. The molecule has 1 aromatic rings. The summed E-state index contributed by atoms with van der Waals surface area (Å²) >= 11 is 0. The molecule has 4 heteroatoms. The number of nitrogens with one attached hydrogen (secondary N) is 1. The van der Waals surface area contributed by atoms with Crippen molar-refractivity contribution >= 4 is 20.0 Å². The lowest BCUT2D eigenvalue weighted by Gasteiger charge is -2.04. The number of rotatable bonds is 4. The van der Waals surface area contributed by atoms with Crippen molar-refractivity contribution in [3.8, 4) is 0 Å². The van der Waals surface area contributed by atoms with Crippen molar-refractivity contribution in [2.45, 2.75) is 6.54 Å². The molecule has 0 aliphatic heterocycles. The largest absolute Gasteiger partial charge is 0.466 e. The van der Waals surface area contributed by atoms with Gasteiger partial charge in [-0.05, 0) is 17.2 Å². The van der Waals surface area contributed by atoms with Crippen LogP contribution in [-0.4, -0.2) is 21.1 Å². The molecule has 3 nitrogen and oxygen atoms in total. The Morgan fingerprint density at radius 1 is 1.53 bits per heavy atom. The summed E-state index contributed by atoms with van der Waals surface area (Å²) in [6.45, 7) is 0.779. The van der Waals surface area contributed by atoms with Gasteiger partial charge in [0.2, 0.25) is 0 Å². The topological polar surface area (TPSA) is 38.3 Å². The number of carbonyl (C=O) groups excluding carboxylic acids is 1. The molecule has 0 unspecified atom stereocenters. The zero-order valence-corrected chi connectivity index (χ0v) is 8.99. The molecule has 0 aliphatic carbocycles. The predicted octanol–water partition coefficient (Wildman–Crippen LogP) is 0.510. The van der Waals surface area contributed by atoms with Gasteiger partial charge in [-0.3, -0.25) is 0 Å². The third kappa shape index (κ3) is 3.60. The van der Waals surface area contributed by atoms with Crippen molar-refractivity contribution in [2.75, 3.05) is 7.11 Å². The van der Waals surface area contributed by atoms with Crippen LogP contribution in [0, 0.1) is 0 Å². The maximum Gasteiger partial charge on any atom is 0.330 e. The number of methoxy groups -OCH3 is 1. The van der Waals surface area contributed by atoms with E-state index < -0.39 is 0 Å². The van der Waals surface area contributed by atoms with Gasteiger partial charge in [0.25, 0.3) is 0 Å². The minimum Gasteiger partial charge on any atom is -0.466 e. The maximum absolute atomic E-state index is 10.9. The van der Waals surface area contributed by atoms with Crippen LogP contribution in [0.4, 0.5) is 0 Å². The Labute approximate surface area is 90.6 Å². The van der Waals surface area contributed by atoms with Gasteiger partial charge < -0.3 is 9.96 Å². The summed E-state index contributed by atoms with van der Waals surface area (Å²) in [5.41, 5.74) is 2.18. The standard InChI is InChI=1S/C11H14BNO2/c1-15-11(14)7-6-9-4-2-3-5-10(9)8-13-12/h2-7,13H,8,12H2,1H3/b7-6+. The van der Waals surface area contributed by atoms with Gasteiger partial charge >= 0.3 is 5.97 Å². The molecular weight excluding hydrogens is 189 g/mol. The molecule has 1 rings (SSSR count). The third-order valence-corrected chi connectivity index (χ3v) is 2.02. The van der Waals surface area contributed by atoms with Crippen LogP contribution in [0.15, 0.2) is 30.3 Å². The van der Waals surface area contributed by atoms with Crippen LogP contribution in [0.1, 0.15) is 11.1 Å². The van der Waals surface area contributed by atoms with Crippen LogP contribution >= 0.6 is 0 Å². The summed E-state index contributed by atoms with van der Waals surface area (Å²) in [6.07, 6.45) is 3.19. The first-order chi connectivity index (χ1) is 7.27. The fourth-order valence-corrected chi connectivity index (χ4v) is 1.27.